The van der Waals surface area contributed by atoms with Gasteiger partial charge in [-0.05, 0) is 44.4 Å². The second-order valence-electron chi connectivity index (χ2n) is 6.59. The Kier molecular flexibility index (Phi) is 6.30. The van der Waals surface area contributed by atoms with Gasteiger partial charge in [0, 0.05) is 25.0 Å². The Labute approximate surface area is 122 Å². The fourth-order valence-corrected chi connectivity index (χ4v) is 3.77. The van der Waals surface area contributed by atoms with E-state index in [2.05, 4.69) is 0 Å². The maximum absolute atomic E-state index is 12.6. The van der Waals surface area contributed by atoms with E-state index >= 15 is 0 Å². The zero-order valence-corrected chi connectivity index (χ0v) is 12.6. The Bertz CT molecular complexity index is 295. The van der Waals surface area contributed by atoms with Gasteiger partial charge in [-0.15, -0.1) is 0 Å². The summed E-state index contributed by atoms with van der Waals surface area (Å²) < 4.78 is 0. The molecule has 0 heterocycles. The van der Waals surface area contributed by atoms with E-state index in [9.17, 15) is 9.90 Å². The number of amides is 1. The Balaban J connectivity index is 1.85. The van der Waals surface area contributed by atoms with Crippen molar-refractivity contribution in [1.29, 1.82) is 0 Å². The Morgan fingerprint density at radius 3 is 2.30 bits per heavy atom. The maximum atomic E-state index is 12.6. The number of nitrogens with zero attached hydrogens (tertiary/aromatic N) is 1. The fraction of sp³-hybridized carbons (Fsp3) is 0.938. The van der Waals surface area contributed by atoms with Crippen molar-refractivity contribution in [2.75, 3.05) is 13.2 Å². The molecule has 0 aromatic carbocycles. The van der Waals surface area contributed by atoms with Crippen molar-refractivity contribution < 1.29 is 9.90 Å². The first kappa shape index (κ1) is 15.8. The molecule has 0 radical (unpaired) electrons. The summed E-state index contributed by atoms with van der Waals surface area (Å²) in [5.74, 6) is 0.763. The van der Waals surface area contributed by atoms with Gasteiger partial charge >= 0.3 is 0 Å². The minimum Gasteiger partial charge on any atom is -0.395 e. The van der Waals surface area contributed by atoms with Crippen LogP contribution in [0.1, 0.15) is 64.2 Å². The molecule has 3 N–H and O–H groups in total. The van der Waals surface area contributed by atoms with Gasteiger partial charge in [-0.1, -0.05) is 19.3 Å². The summed E-state index contributed by atoms with van der Waals surface area (Å²) in [6.07, 6.45) is 10.9. The molecule has 1 amide bonds. The zero-order chi connectivity index (χ0) is 14.4. The van der Waals surface area contributed by atoms with E-state index in [1.807, 2.05) is 4.90 Å². The summed E-state index contributed by atoms with van der Waals surface area (Å²) in [6.45, 7) is 0.591. The van der Waals surface area contributed by atoms with Gasteiger partial charge in [0.2, 0.25) is 5.91 Å². The van der Waals surface area contributed by atoms with Crippen LogP contribution >= 0.6 is 0 Å². The molecular formula is C16H30N2O2. The van der Waals surface area contributed by atoms with E-state index in [4.69, 9.17) is 5.73 Å². The van der Waals surface area contributed by atoms with E-state index in [1.165, 1.54) is 19.3 Å². The number of carbonyl (C=O) groups excluding carboxylic acids is 1. The van der Waals surface area contributed by atoms with Gasteiger partial charge in [0.1, 0.15) is 0 Å². The summed E-state index contributed by atoms with van der Waals surface area (Å²) >= 11 is 0. The molecule has 2 rings (SSSR count). The first-order valence-electron chi connectivity index (χ1n) is 8.36. The van der Waals surface area contributed by atoms with Crippen LogP contribution in [0.4, 0.5) is 0 Å². The SMILES string of the molecule is NC1CCC(CC(=O)N(CCO)C2CCCCC2)CC1. The third-order valence-corrected chi connectivity index (χ3v) is 5.03. The molecule has 0 saturated heterocycles. The molecular weight excluding hydrogens is 252 g/mol. The zero-order valence-electron chi connectivity index (χ0n) is 12.6. The lowest BCUT2D eigenvalue weighted by molar-refractivity contribution is -0.136. The van der Waals surface area contributed by atoms with Gasteiger partial charge in [0.05, 0.1) is 6.61 Å². The molecule has 0 bridgehead atoms. The number of aliphatic hydroxyl groups is 1. The van der Waals surface area contributed by atoms with Crippen LogP contribution in [0.3, 0.4) is 0 Å². The van der Waals surface area contributed by atoms with Gasteiger partial charge in [-0.25, -0.2) is 0 Å². The second-order valence-corrected chi connectivity index (χ2v) is 6.59. The van der Waals surface area contributed by atoms with E-state index in [-0.39, 0.29) is 12.5 Å². The molecule has 2 aliphatic rings. The normalized spacial score (nSPS) is 28.3. The third-order valence-electron chi connectivity index (χ3n) is 5.03. The summed E-state index contributed by atoms with van der Waals surface area (Å²) in [5.41, 5.74) is 5.92. The Morgan fingerprint density at radius 2 is 1.70 bits per heavy atom. The van der Waals surface area contributed by atoms with Crippen LogP contribution in [0.2, 0.25) is 0 Å². The smallest absolute Gasteiger partial charge is 0.223 e. The summed E-state index contributed by atoms with van der Waals surface area (Å²) in [6, 6.07) is 0.711. The molecule has 0 spiro atoms. The van der Waals surface area contributed by atoms with Gasteiger partial charge in [0.15, 0.2) is 0 Å². The Hall–Kier alpha value is -0.610. The van der Waals surface area contributed by atoms with Crippen molar-refractivity contribution >= 4 is 5.91 Å². The van der Waals surface area contributed by atoms with Crippen molar-refractivity contribution in [3.05, 3.63) is 0 Å². The van der Waals surface area contributed by atoms with Gasteiger partial charge in [0.25, 0.3) is 0 Å². The largest absolute Gasteiger partial charge is 0.395 e. The molecule has 2 saturated carbocycles. The molecule has 20 heavy (non-hydrogen) atoms. The first-order chi connectivity index (χ1) is 9.70. The van der Waals surface area contributed by atoms with E-state index < -0.39 is 0 Å². The number of hydrogen-bond acceptors (Lipinski definition) is 3. The molecule has 0 aromatic heterocycles. The van der Waals surface area contributed by atoms with Crippen LogP contribution in [0.5, 0.6) is 0 Å². The van der Waals surface area contributed by atoms with Crippen molar-refractivity contribution in [2.45, 2.75) is 76.3 Å². The molecule has 4 nitrogen and oxygen atoms in total. The Morgan fingerprint density at radius 1 is 1.05 bits per heavy atom. The molecule has 0 atom stereocenters. The highest BCUT2D eigenvalue weighted by Gasteiger charge is 2.28. The predicted octanol–water partition coefficient (Wildman–Crippen LogP) is 2.05. The lowest BCUT2D eigenvalue weighted by atomic mass is 9.84. The number of aliphatic hydroxyl groups excluding tert-OH is 1. The first-order valence-corrected chi connectivity index (χ1v) is 8.36. The van der Waals surface area contributed by atoms with Crippen molar-refractivity contribution in [2.24, 2.45) is 11.7 Å². The van der Waals surface area contributed by atoms with Gasteiger partial charge in [-0.3, -0.25) is 4.79 Å². The summed E-state index contributed by atoms with van der Waals surface area (Å²) in [4.78, 5) is 14.5. The van der Waals surface area contributed by atoms with E-state index in [0.717, 1.165) is 38.5 Å². The van der Waals surface area contributed by atoms with Crippen molar-refractivity contribution in [1.82, 2.24) is 4.90 Å². The van der Waals surface area contributed by atoms with Crippen molar-refractivity contribution in [3.63, 3.8) is 0 Å². The molecule has 0 aliphatic heterocycles. The van der Waals surface area contributed by atoms with Crippen LogP contribution in [0.15, 0.2) is 0 Å². The maximum Gasteiger partial charge on any atom is 0.223 e. The average Bonchev–Trinajstić information content (AvgIpc) is 2.48. The molecule has 0 aromatic rings. The number of rotatable bonds is 5. The number of hydrogen-bond donors (Lipinski definition) is 2. The molecule has 4 heteroatoms. The van der Waals surface area contributed by atoms with Gasteiger partial charge in [-0.2, -0.15) is 0 Å². The van der Waals surface area contributed by atoms with Crippen LogP contribution in [0, 0.1) is 5.92 Å². The highest BCUT2D eigenvalue weighted by atomic mass is 16.3. The van der Waals surface area contributed by atoms with E-state index in [0.29, 0.717) is 31.0 Å². The second kappa shape index (κ2) is 7.99. The number of carbonyl (C=O) groups is 1. The summed E-state index contributed by atoms with van der Waals surface area (Å²) in [7, 11) is 0. The number of nitrogens with two attached hydrogens (primary N) is 1. The van der Waals surface area contributed by atoms with Crippen molar-refractivity contribution in [3.8, 4) is 0 Å². The minimum atomic E-state index is 0.0811. The van der Waals surface area contributed by atoms with Crippen LogP contribution < -0.4 is 5.73 Å². The monoisotopic (exact) mass is 282 g/mol. The predicted molar refractivity (Wildman–Crippen MR) is 80.2 cm³/mol. The lowest BCUT2D eigenvalue weighted by Crippen LogP contribution is -2.44. The van der Waals surface area contributed by atoms with Gasteiger partial charge < -0.3 is 15.7 Å². The fourth-order valence-electron chi connectivity index (χ4n) is 3.77. The molecule has 2 aliphatic carbocycles. The molecule has 0 unspecified atom stereocenters. The highest BCUT2D eigenvalue weighted by Crippen LogP contribution is 2.28. The quantitative estimate of drug-likeness (QED) is 0.811. The average molecular weight is 282 g/mol. The van der Waals surface area contributed by atoms with E-state index in [1.54, 1.807) is 0 Å². The lowest BCUT2D eigenvalue weighted by Gasteiger charge is -2.35. The van der Waals surface area contributed by atoms with Crippen LogP contribution in [-0.2, 0) is 4.79 Å². The molecule has 2 fully saturated rings. The third kappa shape index (κ3) is 4.45. The molecule has 116 valence electrons. The highest BCUT2D eigenvalue weighted by molar-refractivity contribution is 5.76. The standard InChI is InChI=1S/C16H30N2O2/c17-14-8-6-13(7-9-14)12-16(20)18(10-11-19)15-4-2-1-3-5-15/h13-15,19H,1-12,17H2. The minimum absolute atomic E-state index is 0.0811. The van der Waals surface area contributed by atoms with Crippen LogP contribution in [0.25, 0.3) is 0 Å². The summed E-state index contributed by atoms with van der Waals surface area (Å²) in [5, 5.41) is 9.25. The van der Waals surface area contributed by atoms with Crippen LogP contribution in [-0.4, -0.2) is 41.1 Å². The topological polar surface area (TPSA) is 66.6 Å².